The highest BCUT2D eigenvalue weighted by atomic mass is 16.3. The lowest BCUT2D eigenvalue weighted by molar-refractivity contribution is 0.0631. The van der Waals surface area contributed by atoms with Gasteiger partial charge in [-0.3, -0.25) is 9.36 Å². The summed E-state index contributed by atoms with van der Waals surface area (Å²) in [5, 5.41) is 6.48. The molecule has 1 amide bonds. The number of nitrogens with zero attached hydrogens (tertiary/aromatic N) is 3. The van der Waals surface area contributed by atoms with Crippen LogP contribution in [0.3, 0.4) is 0 Å². The zero-order valence-corrected chi connectivity index (χ0v) is 19.1. The van der Waals surface area contributed by atoms with E-state index >= 15 is 0 Å². The fraction of sp³-hybridized carbons (Fsp3) is 0.185. The van der Waals surface area contributed by atoms with Crippen LogP contribution in [-0.4, -0.2) is 46.0 Å². The van der Waals surface area contributed by atoms with E-state index in [1.54, 1.807) is 24.3 Å². The molecule has 4 aromatic rings. The third-order valence-corrected chi connectivity index (χ3v) is 6.30. The molecule has 1 aliphatic rings. The van der Waals surface area contributed by atoms with E-state index in [0.717, 1.165) is 5.56 Å². The zero-order valence-electron chi connectivity index (χ0n) is 19.1. The molecule has 0 spiro atoms. The van der Waals surface area contributed by atoms with Crippen molar-refractivity contribution in [2.24, 2.45) is 5.18 Å². The van der Waals surface area contributed by atoms with E-state index in [9.17, 15) is 14.5 Å². The minimum absolute atomic E-state index is 0.0712. The van der Waals surface area contributed by atoms with Gasteiger partial charge in [-0.1, -0.05) is 72.8 Å². The maximum atomic E-state index is 14.0. The van der Waals surface area contributed by atoms with E-state index in [1.165, 1.54) is 4.57 Å². The third-order valence-electron chi connectivity index (χ3n) is 6.30. The Morgan fingerprint density at radius 3 is 2.37 bits per heavy atom. The first-order chi connectivity index (χ1) is 17.2. The van der Waals surface area contributed by atoms with E-state index in [-0.39, 0.29) is 23.3 Å². The van der Waals surface area contributed by atoms with Gasteiger partial charge in [-0.05, 0) is 29.3 Å². The normalized spacial score (nSPS) is 15.7. The van der Waals surface area contributed by atoms with Crippen LogP contribution in [0.1, 0.15) is 16.1 Å². The van der Waals surface area contributed by atoms with E-state index in [1.807, 2.05) is 65.6 Å². The summed E-state index contributed by atoms with van der Waals surface area (Å²) in [6.07, 6.45) is 0.698. The highest BCUT2D eigenvalue weighted by Crippen LogP contribution is 2.30. The lowest BCUT2D eigenvalue weighted by Gasteiger charge is -2.36. The van der Waals surface area contributed by atoms with Gasteiger partial charge in [0.05, 0.1) is 11.4 Å². The molecule has 0 radical (unpaired) electrons. The molecule has 3 aromatic carbocycles. The number of amides is 1. The molecule has 0 aliphatic carbocycles. The molecule has 1 fully saturated rings. The van der Waals surface area contributed by atoms with Gasteiger partial charge < -0.3 is 15.2 Å². The molecular formula is C27H25N5O3. The molecule has 8 nitrogen and oxygen atoms in total. The molecule has 5 rings (SSSR count). The molecule has 0 unspecified atom stereocenters. The van der Waals surface area contributed by atoms with Crippen LogP contribution in [0.5, 0.6) is 0 Å². The van der Waals surface area contributed by atoms with Gasteiger partial charge in [-0.25, -0.2) is 4.79 Å². The smallest absolute Gasteiger partial charge is 0.331 e. The zero-order chi connectivity index (χ0) is 24.2. The second-order valence-electron chi connectivity index (χ2n) is 8.48. The average Bonchev–Trinajstić information content (AvgIpc) is 3.26. The van der Waals surface area contributed by atoms with E-state index in [4.69, 9.17) is 0 Å². The number of H-pyrrole nitrogens is 1. The van der Waals surface area contributed by atoms with Crippen LogP contribution in [0.25, 0.3) is 16.9 Å². The van der Waals surface area contributed by atoms with Crippen molar-refractivity contribution < 1.29 is 4.79 Å². The van der Waals surface area contributed by atoms with Crippen molar-refractivity contribution in [2.75, 3.05) is 19.6 Å². The number of piperazine rings is 1. The first-order valence-electron chi connectivity index (χ1n) is 11.6. The number of hydrogen-bond donors (Lipinski definition) is 2. The minimum Gasteiger partial charge on any atom is -0.331 e. The predicted octanol–water partition coefficient (Wildman–Crippen LogP) is 3.89. The molecule has 176 valence electrons. The number of nitroso groups, excluding NO2 is 1. The molecule has 1 aromatic heterocycles. The van der Waals surface area contributed by atoms with Crippen LogP contribution in [0.4, 0.5) is 5.69 Å². The summed E-state index contributed by atoms with van der Waals surface area (Å²) in [7, 11) is 0. The number of carbonyl (C=O) groups is 1. The number of rotatable bonds is 6. The lowest BCUT2D eigenvalue weighted by Crippen LogP contribution is -2.54. The molecule has 2 heterocycles. The molecular weight excluding hydrogens is 442 g/mol. The summed E-state index contributed by atoms with van der Waals surface area (Å²) in [4.78, 5) is 43.3. The second kappa shape index (κ2) is 9.90. The summed E-state index contributed by atoms with van der Waals surface area (Å²) in [6, 6.07) is 25.8. The number of nitrogens with one attached hydrogen (secondary N) is 2. The Hall–Kier alpha value is -4.30. The first kappa shape index (κ1) is 22.5. The highest BCUT2D eigenvalue weighted by Gasteiger charge is 2.32. The molecule has 0 saturated carbocycles. The first-order valence-corrected chi connectivity index (χ1v) is 11.6. The number of aromatic amines is 1. The molecule has 1 atom stereocenters. The van der Waals surface area contributed by atoms with E-state index < -0.39 is 5.69 Å². The monoisotopic (exact) mass is 467 g/mol. The quantitative estimate of drug-likeness (QED) is 0.420. The van der Waals surface area contributed by atoms with Crippen LogP contribution < -0.4 is 11.0 Å². The topological polar surface area (TPSA) is 99.6 Å². The van der Waals surface area contributed by atoms with Crippen molar-refractivity contribution in [3.8, 4) is 16.9 Å². The van der Waals surface area contributed by atoms with E-state index in [0.29, 0.717) is 43.0 Å². The maximum Gasteiger partial charge on any atom is 0.331 e. The van der Waals surface area contributed by atoms with Gasteiger partial charge in [0.1, 0.15) is 11.4 Å². The van der Waals surface area contributed by atoms with E-state index in [2.05, 4.69) is 15.5 Å². The fourth-order valence-corrected chi connectivity index (χ4v) is 4.66. The van der Waals surface area contributed by atoms with Gasteiger partial charge in [-0.2, -0.15) is 0 Å². The van der Waals surface area contributed by atoms with Gasteiger partial charge in [0.15, 0.2) is 0 Å². The Morgan fingerprint density at radius 2 is 1.63 bits per heavy atom. The summed E-state index contributed by atoms with van der Waals surface area (Å²) in [5.74, 6) is -0.251. The Balaban J connectivity index is 1.62. The second-order valence-corrected chi connectivity index (χ2v) is 8.48. The Kier molecular flexibility index (Phi) is 6.36. The molecule has 8 heteroatoms. The standard InChI is InChI=1S/C27H25N5O3/c33-26(31-16-15-28-18-21(31)17-19-9-3-1-4-10-19)24-25(20-11-5-2-6-12-20)32(27(34)29-24)23-14-8-7-13-22(23)30-35/h1-14,21,28H,15-18H2,(H,29,34)/t21-/m1/s1. The van der Waals surface area contributed by atoms with Crippen molar-refractivity contribution in [1.29, 1.82) is 0 Å². The van der Waals surface area contributed by atoms with Gasteiger partial charge >= 0.3 is 5.69 Å². The summed E-state index contributed by atoms with van der Waals surface area (Å²) >= 11 is 0. The Morgan fingerprint density at radius 1 is 0.943 bits per heavy atom. The van der Waals surface area contributed by atoms with Crippen molar-refractivity contribution in [1.82, 2.24) is 19.8 Å². The Bertz CT molecular complexity index is 1400. The van der Waals surface area contributed by atoms with Gasteiger partial charge in [0, 0.05) is 31.2 Å². The van der Waals surface area contributed by atoms with Crippen molar-refractivity contribution in [2.45, 2.75) is 12.5 Å². The van der Waals surface area contributed by atoms with Crippen LogP contribution in [0, 0.1) is 4.91 Å². The third kappa shape index (κ3) is 4.43. The van der Waals surface area contributed by atoms with Crippen LogP contribution in [-0.2, 0) is 6.42 Å². The number of aromatic nitrogens is 2. The highest BCUT2D eigenvalue weighted by molar-refractivity contribution is 5.99. The van der Waals surface area contributed by atoms with Crippen molar-refractivity contribution in [3.63, 3.8) is 0 Å². The summed E-state index contributed by atoms with van der Waals surface area (Å²) in [6.45, 7) is 1.84. The van der Waals surface area contributed by atoms with Gasteiger partial charge in [0.2, 0.25) is 0 Å². The number of para-hydroxylation sites is 1. The molecule has 35 heavy (non-hydrogen) atoms. The number of hydrogen-bond acceptors (Lipinski definition) is 5. The molecule has 2 N–H and O–H groups in total. The minimum atomic E-state index is -0.502. The number of imidazole rings is 1. The maximum absolute atomic E-state index is 14.0. The lowest BCUT2D eigenvalue weighted by atomic mass is 10.0. The molecule has 1 aliphatic heterocycles. The number of carbonyl (C=O) groups excluding carboxylic acids is 1. The van der Waals surface area contributed by atoms with Crippen LogP contribution in [0.15, 0.2) is 94.9 Å². The number of benzene rings is 3. The van der Waals surface area contributed by atoms with Crippen molar-refractivity contribution >= 4 is 11.6 Å². The summed E-state index contributed by atoms with van der Waals surface area (Å²) < 4.78 is 1.37. The molecule has 0 bridgehead atoms. The van der Waals surface area contributed by atoms with Crippen LogP contribution >= 0.6 is 0 Å². The predicted molar refractivity (Wildman–Crippen MR) is 135 cm³/mol. The summed E-state index contributed by atoms with van der Waals surface area (Å²) in [5.41, 5.74) is 2.37. The SMILES string of the molecule is O=Nc1ccccc1-n1c(-c2ccccc2)c(C(=O)N2CCNC[C@H]2Cc2ccccc2)[nH]c1=O. The fourth-order valence-electron chi connectivity index (χ4n) is 4.66. The average molecular weight is 468 g/mol. The molecule has 1 saturated heterocycles. The van der Waals surface area contributed by atoms with Crippen molar-refractivity contribution in [3.05, 3.63) is 112 Å². The van der Waals surface area contributed by atoms with Gasteiger partial charge in [-0.15, -0.1) is 4.91 Å². The largest absolute Gasteiger partial charge is 0.331 e. The van der Waals surface area contributed by atoms with Crippen LogP contribution in [0.2, 0.25) is 0 Å². The Labute approximate surface area is 202 Å². The van der Waals surface area contributed by atoms with Gasteiger partial charge in [0.25, 0.3) is 5.91 Å².